The molecule has 0 bridgehead atoms. The van der Waals surface area contributed by atoms with Gasteiger partial charge in [-0.1, -0.05) is 38.0 Å². The first-order chi connectivity index (χ1) is 10.6. The van der Waals surface area contributed by atoms with Gasteiger partial charge in [-0.05, 0) is 24.5 Å². The number of para-hydroxylation sites is 1. The van der Waals surface area contributed by atoms with E-state index in [-0.39, 0.29) is 12.3 Å². The molecule has 118 valence electrons. The van der Waals surface area contributed by atoms with Gasteiger partial charge in [0.05, 0.1) is 0 Å². The maximum atomic E-state index is 12.0. The molecular formula is C17H22N2O3. The first-order valence-electron chi connectivity index (χ1n) is 7.69. The maximum absolute atomic E-state index is 12.0. The minimum Gasteiger partial charge on any atom is -0.480 e. The number of aryl methyl sites for hydroxylation is 1. The van der Waals surface area contributed by atoms with Gasteiger partial charge in [0.1, 0.15) is 6.04 Å². The third kappa shape index (κ3) is 4.10. The monoisotopic (exact) mass is 302 g/mol. The molecule has 2 rings (SSSR count). The molecule has 3 N–H and O–H groups in total. The first kappa shape index (κ1) is 16.1. The predicted octanol–water partition coefficient (Wildman–Crippen LogP) is 2.86. The Morgan fingerprint density at radius 3 is 2.82 bits per heavy atom. The SMILES string of the molecule is CCCC[C@H](NC(=O)CCc1c[nH]c2ccccc12)C(=O)O. The largest absolute Gasteiger partial charge is 0.480 e. The van der Waals surface area contributed by atoms with E-state index in [1.807, 2.05) is 37.4 Å². The fourth-order valence-corrected chi connectivity index (χ4v) is 2.52. The molecule has 1 heterocycles. The van der Waals surface area contributed by atoms with Crippen molar-refractivity contribution in [2.45, 2.75) is 45.1 Å². The number of H-pyrrole nitrogens is 1. The van der Waals surface area contributed by atoms with Gasteiger partial charge in [-0.25, -0.2) is 4.79 Å². The minimum absolute atomic E-state index is 0.214. The molecule has 2 aromatic rings. The van der Waals surface area contributed by atoms with Crippen molar-refractivity contribution in [1.29, 1.82) is 0 Å². The van der Waals surface area contributed by atoms with Crippen molar-refractivity contribution in [3.63, 3.8) is 0 Å². The lowest BCUT2D eigenvalue weighted by atomic mass is 10.1. The number of unbranched alkanes of at least 4 members (excludes halogenated alkanes) is 1. The zero-order valence-electron chi connectivity index (χ0n) is 12.8. The van der Waals surface area contributed by atoms with Gasteiger partial charge in [0.2, 0.25) is 5.91 Å². The summed E-state index contributed by atoms with van der Waals surface area (Å²) >= 11 is 0. The molecule has 0 saturated carbocycles. The summed E-state index contributed by atoms with van der Waals surface area (Å²) < 4.78 is 0. The van der Waals surface area contributed by atoms with Crippen molar-refractivity contribution in [2.24, 2.45) is 0 Å². The molecule has 1 aromatic heterocycles. The van der Waals surface area contributed by atoms with Crippen LogP contribution in [0.25, 0.3) is 10.9 Å². The van der Waals surface area contributed by atoms with Crippen molar-refractivity contribution in [1.82, 2.24) is 10.3 Å². The lowest BCUT2D eigenvalue weighted by molar-refractivity contribution is -0.142. The van der Waals surface area contributed by atoms with E-state index in [0.717, 1.165) is 29.3 Å². The van der Waals surface area contributed by atoms with Gasteiger partial charge in [-0.15, -0.1) is 0 Å². The van der Waals surface area contributed by atoms with Crippen LogP contribution < -0.4 is 5.32 Å². The number of nitrogens with one attached hydrogen (secondary N) is 2. The number of amides is 1. The average molecular weight is 302 g/mol. The summed E-state index contributed by atoms with van der Waals surface area (Å²) in [5.41, 5.74) is 2.12. The molecule has 0 aliphatic rings. The van der Waals surface area contributed by atoms with E-state index in [2.05, 4.69) is 10.3 Å². The number of carbonyl (C=O) groups is 2. The second-order valence-corrected chi connectivity index (χ2v) is 5.46. The second kappa shape index (κ2) is 7.64. The van der Waals surface area contributed by atoms with E-state index in [1.165, 1.54) is 0 Å². The zero-order valence-corrected chi connectivity index (χ0v) is 12.8. The number of carbonyl (C=O) groups excluding carboxylic acids is 1. The van der Waals surface area contributed by atoms with E-state index >= 15 is 0 Å². The fraction of sp³-hybridized carbons (Fsp3) is 0.412. The van der Waals surface area contributed by atoms with Crippen LogP contribution in [0, 0.1) is 0 Å². The van der Waals surface area contributed by atoms with Gasteiger partial charge in [0, 0.05) is 23.5 Å². The summed E-state index contributed by atoms with van der Waals surface area (Å²) in [4.78, 5) is 26.3. The van der Waals surface area contributed by atoms with Crippen LogP contribution >= 0.6 is 0 Å². The quantitative estimate of drug-likeness (QED) is 0.701. The molecule has 0 aliphatic heterocycles. The molecule has 0 spiro atoms. The van der Waals surface area contributed by atoms with Gasteiger partial charge in [0.25, 0.3) is 0 Å². The lowest BCUT2D eigenvalue weighted by Crippen LogP contribution is -2.40. The Balaban J connectivity index is 1.90. The van der Waals surface area contributed by atoms with E-state index in [9.17, 15) is 9.59 Å². The van der Waals surface area contributed by atoms with Crippen LogP contribution in [0.3, 0.4) is 0 Å². The van der Waals surface area contributed by atoms with Crippen LogP contribution in [0.2, 0.25) is 0 Å². The van der Waals surface area contributed by atoms with Crippen molar-refractivity contribution >= 4 is 22.8 Å². The number of aromatic nitrogens is 1. The maximum Gasteiger partial charge on any atom is 0.326 e. The smallest absolute Gasteiger partial charge is 0.326 e. The summed E-state index contributed by atoms with van der Waals surface area (Å²) in [5.74, 6) is -1.18. The summed E-state index contributed by atoms with van der Waals surface area (Å²) in [6.45, 7) is 2.00. The number of aromatic amines is 1. The van der Waals surface area contributed by atoms with Crippen LogP contribution in [-0.2, 0) is 16.0 Å². The highest BCUT2D eigenvalue weighted by Crippen LogP contribution is 2.18. The number of carboxylic acid groups (broad SMARTS) is 1. The van der Waals surface area contributed by atoms with Crippen LogP contribution in [0.1, 0.15) is 38.2 Å². The highest BCUT2D eigenvalue weighted by molar-refractivity contribution is 5.85. The second-order valence-electron chi connectivity index (χ2n) is 5.46. The number of carboxylic acids is 1. The minimum atomic E-state index is -0.964. The van der Waals surface area contributed by atoms with Gasteiger partial charge in [-0.2, -0.15) is 0 Å². The topological polar surface area (TPSA) is 82.2 Å². The Bertz CT molecular complexity index is 648. The Morgan fingerprint density at radius 2 is 2.09 bits per heavy atom. The number of hydrogen-bond acceptors (Lipinski definition) is 2. The standard InChI is InChI=1S/C17H22N2O3/c1-2-3-7-15(17(21)22)19-16(20)10-9-12-11-18-14-8-5-4-6-13(12)14/h4-6,8,11,15,18H,2-3,7,9-10H2,1H3,(H,19,20)(H,21,22)/t15-/m0/s1. The van der Waals surface area contributed by atoms with Crippen molar-refractivity contribution < 1.29 is 14.7 Å². The van der Waals surface area contributed by atoms with Crippen LogP contribution in [0.4, 0.5) is 0 Å². The molecule has 22 heavy (non-hydrogen) atoms. The van der Waals surface area contributed by atoms with E-state index < -0.39 is 12.0 Å². The van der Waals surface area contributed by atoms with E-state index in [0.29, 0.717) is 12.8 Å². The third-order valence-electron chi connectivity index (χ3n) is 3.78. The molecule has 0 fully saturated rings. The molecule has 5 heteroatoms. The number of benzene rings is 1. The molecule has 1 amide bonds. The lowest BCUT2D eigenvalue weighted by Gasteiger charge is -2.13. The molecular weight excluding hydrogens is 280 g/mol. The molecule has 1 atom stereocenters. The molecule has 0 radical (unpaired) electrons. The van der Waals surface area contributed by atoms with Crippen molar-refractivity contribution in [2.75, 3.05) is 0 Å². The Labute approximate surface area is 129 Å². The molecule has 0 saturated heterocycles. The number of aliphatic carboxylic acids is 1. The molecule has 1 aromatic carbocycles. The van der Waals surface area contributed by atoms with Crippen LogP contribution in [0.5, 0.6) is 0 Å². The van der Waals surface area contributed by atoms with E-state index in [1.54, 1.807) is 0 Å². The number of hydrogen-bond donors (Lipinski definition) is 3. The van der Waals surface area contributed by atoms with Gasteiger partial charge < -0.3 is 15.4 Å². The van der Waals surface area contributed by atoms with Gasteiger partial charge in [-0.3, -0.25) is 4.79 Å². The zero-order chi connectivity index (χ0) is 15.9. The number of fused-ring (bicyclic) bond motifs is 1. The average Bonchev–Trinajstić information content (AvgIpc) is 2.92. The fourth-order valence-electron chi connectivity index (χ4n) is 2.52. The normalized spacial score (nSPS) is 12.2. The molecule has 0 aliphatic carbocycles. The summed E-state index contributed by atoms with van der Waals surface area (Å²) in [6, 6.07) is 7.14. The highest BCUT2D eigenvalue weighted by Gasteiger charge is 2.19. The molecule has 0 unspecified atom stereocenters. The Kier molecular flexibility index (Phi) is 5.58. The Morgan fingerprint density at radius 1 is 1.32 bits per heavy atom. The summed E-state index contributed by atoms with van der Waals surface area (Å²) in [5, 5.41) is 12.8. The first-order valence-corrected chi connectivity index (χ1v) is 7.69. The van der Waals surface area contributed by atoms with Crippen LogP contribution in [0.15, 0.2) is 30.5 Å². The van der Waals surface area contributed by atoms with Crippen molar-refractivity contribution in [3.05, 3.63) is 36.0 Å². The Hall–Kier alpha value is -2.30. The van der Waals surface area contributed by atoms with Crippen LogP contribution in [-0.4, -0.2) is 28.0 Å². The summed E-state index contributed by atoms with van der Waals surface area (Å²) in [7, 11) is 0. The van der Waals surface area contributed by atoms with E-state index in [4.69, 9.17) is 5.11 Å². The molecule has 5 nitrogen and oxygen atoms in total. The predicted molar refractivity (Wildman–Crippen MR) is 85.7 cm³/mol. The number of rotatable bonds is 8. The van der Waals surface area contributed by atoms with Crippen molar-refractivity contribution in [3.8, 4) is 0 Å². The van der Waals surface area contributed by atoms with Gasteiger partial charge >= 0.3 is 5.97 Å². The highest BCUT2D eigenvalue weighted by atomic mass is 16.4. The summed E-state index contributed by atoms with van der Waals surface area (Å²) in [6.07, 6.45) is 4.97. The third-order valence-corrected chi connectivity index (χ3v) is 3.78. The van der Waals surface area contributed by atoms with Gasteiger partial charge in [0.15, 0.2) is 0 Å².